The quantitative estimate of drug-likeness (QED) is 0.611. The molecule has 4 rings (SSSR count). The minimum atomic E-state index is 0.00784. The zero-order valence-corrected chi connectivity index (χ0v) is 15.4. The van der Waals surface area contributed by atoms with E-state index in [0.717, 1.165) is 22.7 Å². The van der Waals surface area contributed by atoms with E-state index < -0.39 is 0 Å². The van der Waals surface area contributed by atoms with Crippen LogP contribution in [0.1, 0.15) is 5.56 Å². The standard InChI is InChI=1S/C22H18N2O2S/c25-21-16-23(18-7-3-1-4-8-18)22(27)24(21)15-17-11-13-20(14-12-17)26-19-9-5-2-6-10-19/h1-14H,15-16H2. The third-order valence-electron chi connectivity index (χ3n) is 4.37. The number of carbonyl (C=O) groups excluding carboxylic acids is 1. The van der Waals surface area contributed by atoms with E-state index in [1.54, 1.807) is 4.90 Å². The Morgan fingerprint density at radius 1 is 0.815 bits per heavy atom. The van der Waals surface area contributed by atoms with Crippen LogP contribution in [0.15, 0.2) is 84.9 Å². The number of carbonyl (C=O) groups is 1. The molecule has 0 aliphatic carbocycles. The van der Waals surface area contributed by atoms with Gasteiger partial charge in [0.05, 0.1) is 6.54 Å². The van der Waals surface area contributed by atoms with Gasteiger partial charge in [0, 0.05) is 5.69 Å². The highest BCUT2D eigenvalue weighted by atomic mass is 32.1. The number of benzene rings is 3. The summed E-state index contributed by atoms with van der Waals surface area (Å²) in [4.78, 5) is 16.0. The number of nitrogens with zero attached hydrogens (tertiary/aromatic N) is 2. The van der Waals surface area contributed by atoms with Gasteiger partial charge in [0.2, 0.25) is 5.91 Å². The fourth-order valence-electron chi connectivity index (χ4n) is 2.98. The summed E-state index contributed by atoms with van der Waals surface area (Å²) in [6, 6.07) is 27.1. The molecule has 27 heavy (non-hydrogen) atoms. The summed E-state index contributed by atoms with van der Waals surface area (Å²) >= 11 is 5.54. The topological polar surface area (TPSA) is 32.8 Å². The lowest BCUT2D eigenvalue weighted by atomic mass is 10.2. The molecule has 0 N–H and O–H groups in total. The van der Waals surface area contributed by atoms with Crippen LogP contribution in [0, 0.1) is 0 Å². The minimum Gasteiger partial charge on any atom is -0.457 e. The van der Waals surface area contributed by atoms with Gasteiger partial charge in [-0.3, -0.25) is 9.69 Å². The number of hydrogen-bond donors (Lipinski definition) is 0. The summed E-state index contributed by atoms with van der Waals surface area (Å²) in [5.41, 5.74) is 1.94. The van der Waals surface area contributed by atoms with Gasteiger partial charge in [-0.2, -0.15) is 0 Å². The Kier molecular flexibility index (Phi) is 4.85. The molecule has 134 valence electrons. The van der Waals surface area contributed by atoms with Crippen LogP contribution in [0.5, 0.6) is 11.5 Å². The van der Waals surface area contributed by atoms with Gasteiger partial charge in [-0.15, -0.1) is 0 Å². The van der Waals surface area contributed by atoms with E-state index in [1.807, 2.05) is 89.8 Å². The summed E-state index contributed by atoms with van der Waals surface area (Å²) in [6.07, 6.45) is 0. The van der Waals surface area contributed by atoms with Gasteiger partial charge in [-0.1, -0.05) is 48.5 Å². The first-order valence-electron chi connectivity index (χ1n) is 8.69. The molecule has 0 atom stereocenters. The highest BCUT2D eigenvalue weighted by Crippen LogP contribution is 2.24. The Morgan fingerprint density at radius 2 is 1.41 bits per heavy atom. The molecule has 4 nitrogen and oxygen atoms in total. The lowest BCUT2D eigenvalue weighted by molar-refractivity contribution is -0.124. The molecule has 1 fully saturated rings. The van der Waals surface area contributed by atoms with Crippen LogP contribution >= 0.6 is 12.2 Å². The first-order valence-corrected chi connectivity index (χ1v) is 9.10. The minimum absolute atomic E-state index is 0.00784. The van der Waals surface area contributed by atoms with Crippen LogP contribution in [-0.4, -0.2) is 22.5 Å². The fourth-order valence-corrected chi connectivity index (χ4v) is 3.31. The average molecular weight is 374 g/mol. The maximum Gasteiger partial charge on any atom is 0.249 e. The maximum absolute atomic E-state index is 12.5. The Labute approximate surface area is 163 Å². The van der Waals surface area contributed by atoms with E-state index in [-0.39, 0.29) is 12.5 Å². The van der Waals surface area contributed by atoms with Gasteiger partial charge < -0.3 is 9.64 Å². The molecule has 1 aliphatic heterocycles. The Bertz CT molecular complexity index is 943. The van der Waals surface area contributed by atoms with Crippen molar-refractivity contribution in [1.82, 2.24) is 4.90 Å². The smallest absolute Gasteiger partial charge is 0.249 e. The lowest BCUT2D eigenvalue weighted by Gasteiger charge is -2.20. The van der Waals surface area contributed by atoms with Crippen LogP contribution in [0.2, 0.25) is 0 Å². The number of thiocarbonyl (C=S) groups is 1. The second-order valence-electron chi connectivity index (χ2n) is 6.24. The van der Waals surface area contributed by atoms with E-state index in [4.69, 9.17) is 17.0 Å². The number of amides is 1. The van der Waals surface area contributed by atoms with Gasteiger partial charge in [0.15, 0.2) is 5.11 Å². The van der Waals surface area contributed by atoms with Crippen molar-refractivity contribution in [3.05, 3.63) is 90.5 Å². The van der Waals surface area contributed by atoms with E-state index in [9.17, 15) is 4.79 Å². The third-order valence-corrected chi connectivity index (χ3v) is 4.81. The fraction of sp³-hybridized carbons (Fsp3) is 0.0909. The zero-order valence-electron chi connectivity index (χ0n) is 14.6. The molecule has 3 aromatic rings. The van der Waals surface area contributed by atoms with Crippen molar-refractivity contribution in [2.75, 3.05) is 11.4 Å². The molecular weight excluding hydrogens is 356 g/mol. The summed E-state index contributed by atoms with van der Waals surface area (Å²) < 4.78 is 5.81. The van der Waals surface area contributed by atoms with Crippen LogP contribution < -0.4 is 9.64 Å². The van der Waals surface area contributed by atoms with Crippen LogP contribution in [0.3, 0.4) is 0 Å². The molecule has 0 unspecified atom stereocenters. The Morgan fingerprint density at radius 3 is 2.07 bits per heavy atom. The van der Waals surface area contributed by atoms with Crippen molar-refractivity contribution in [2.45, 2.75) is 6.54 Å². The van der Waals surface area contributed by atoms with Gasteiger partial charge in [0.25, 0.3) is 0 Å². The molecule has 1 heterocycles. The molecule has 1 aliphatic rings. The molecule has 0 bridgehead atoms. The van der Waals surface area contributed by atoms with Crippen LogP contribution in [0.4, 0.5) is 5.69 Å². The van der Waals surface area contributed by atoms with Gasteiger partial charge in [-0.25, -0.2) is 0 Å². The van der Waals surface area contributed by atoms with E-state index in [2.05, 4.69) is 0 Å². The molecule has 1 saturated heterocycles. The van der Waals surface area contributed by atoms with Crippen molar-refractivity contribution >= 4 is 28.9 Å². The van der Waals surface area contributed by atoms with Crippen molar-refractivity contribution in [3.63, 3.8) is 0 Å². The summed E-state index contributed by atoms with van der Waals surface area (Å²) in [5.74, 6) is 1.55. The first kappa shape index (κ1) is 17.2. The molecule has 5 heteroatoms. The van der Waals surface area contributed by atoms with Crippen molar-refractivity contribution in [1.29, 1.82) is 0 Å². The van der Waals surface area contributed by atoms with E-state index >= 15 is 0 Å². The average Bonchev–Trinajstić information content (AvgIpc) is 2.99. The molecular formula is C22H18N2O2S. The highest BCUT2D eigenvalue weighted by molar-refractivity contribution is 7.80. The maximum atomic E-state index is 12.5. The predicted molar refractivity (Wildman–Crippen MR) is 110 cm³/mol. The third kappa shape index (κ3) is 3.83. The second-order valence-corrected chi connectivity index (χ2v) is 6.61. The summed E-state index contributed by atoms with van der Waals surface area (Å²) in [6.45, 7) is 0.727. The summed E-state index contributed by atoms with van der Waals surface area (Å²) in [5, 5.41) is 0.538. The number of hydrogen-bond acceptors (Lipinski definition) is 3. The van der Waals surface area contributed by atoms with Crippen molar-refractivity contribution < 1.29 is 9.53 Å². The largest absolute Gasteiger partial charge is 0.457 e. The zero-order chi connectivity index (χ0) is 18.6. The molecule has 3 aromatic carbocycles. The Hall–Kier alpha value is -3.18. The van der Waals surface area contributed by atoms with Crippen molar-refractivity contribution in [2.24, 2.45) is 0 Å². The van der Waals surface area contributed by atoms with Gasteiger partial charge in [-0.05, 0) is 54.2 Å². The molecule has 0 spiro atoms. The number of ether oxygens (including phenoxy) is 1. The first-order chi connectivity index (χ1) is 13.2. The second kappa shape index (κ2) is 7.60. The lowest BCUT2D eigenvalue weighted by Crippen LogP contribution is -2.32. The normalized spacial score (nSPS) is 13.9. The predicted octanol–water partition coefficient (Wildman–Crippen LogP) is 4.61. The highest BCUT2D eigenvalue weighted by Gasteiger charge is 2.33. The molecule has 0 radical (unpaired) electrons. The molecule has 0 saturated carbocycles. The molecule has 0 aromatic heterocycles. The number of rotatable bonds is 5. The number of para-hydroxylation sites is 2. The van der Waals surface area contributed by atoms with E-state index in [1.165, 1.54) is 0 Å². The Balaban J connectivity index is 1.44. The number of anilines is 1. The van der Waals surface area contributed by atoms with Crippen LogP contribution in [-0.2, 0) is 11.3 Å². The van der Waals surface area contributed by atoms with Gasteiger partial charge in [0.1, 0.15) is 18.0 Å². The molecule has 1 amide bonds. The van der Waals surface area contributed by atoms with Crippen molar-refractivity contribution in [3.8, 4) is 11.5 Å². The van der Waals surface area contributed by atoms with Gasteiger partial charge >= 0.3 is 0 Å². The monoisotopic (exact) mass is 374 g/mol. The summed E-state index contributed by atoms with van der Waals surface area (Å²) in [7, 11) is 0. The van der Waals surface area contributed by atoms with Crippen LogP contribution in [0.25, 0.3) is 0 Å². The van der Waals surface area contributed by atoms with E-state index in [0.29, 0.717) is 11.7 Å². The SMILES string of the molecule is O=C1CN(c2ccccc2)C(=S)N1Cc1ccc(Oc2ccccc2)cc1.